The van der Waals surface area contributed by atoms with E-state index >= 15 is 0 Å². The van der Waals surface area contributed by atoms with E-state index in [2.05, 4.69) is 10.8 Å². The molecular weight excluding hydrogens is 233 g/mol. The molecule has 0 N–H and O–H groups in total. The van der Waals surface area contributed by atoms with Gasteiger partial charge >= 0.3 is 6.18 Å². The van der Waals surface area contributed by atoms with Crippen LogP contribution in [0.5, 0.6) is 11.5 Å². The molecule has 0 aliphatic rings. The number of halogens is 4. The van der Waals surface area contributed by atoms with Crippen LogP contribution in [0.25, 0.3) is 0 Å². The zero-order valence-corrected chi connectivity index (χ0v) is 8.45. The Morgan fingerprint density at radius 3 is 2.60 bits per heavy atom. The third-order valence-corrected chi connectivity index (χ3v) is 1.75. The summed E-state index contributed by atoms with van der Waals surface area (Å²) in [5.41, 5.74) is 0. The first-order valence-electron chi connectivity index (χ1n) is 3.87. The normalized spacial score (nSPS) is 11.3. The summed E-state index contributed by atoms with van der Waals surface area (Å²) in [6.07, 6.45) is -4.41. The lowest BCUT2D eigenvalue weighted by atomic mass is 10.3. The summed E-state index contributed by atoms with van der Waals surface area (Å²) >= 11 is 5.63. The quantitative estimate of drug-likeness (QED) is 0.807. The molecule has 6 heteroatoms. The maximum atomic E-state index is 11.9. The Kier molecular flexibility index (Phi) is 3.68. The second-order valence-corrected chi connectivity index (χ2v) is 3.01. The van der Waals surface area contributed by atoms with Crippen molar-refractivity contribution in [1.82, 2.24) is 0 Å². The minimum atomic E-state index is -4.41. The van der Waals surface area contributed by atoms with E-state index in [4.69, 9.17) is 16.3 Å². The molecule has 15 heavy (non-hydrogen) atoms. The number of hydrogen-bond acceptors (Lipinski definition) is 2. The molecular formula is C9H7ClF3O2. The first kappa shape index (κ1) is 12.0. The first-order chi connectivity index (χ1) is 6.94. The third kappa shape index (κ3) is 3.51. The zero-order valence-electron chi connectivity index (χ0n) is 7.69. The van der Waals surface area contributed by atoms with Crippen LogP contribution in [0.2, 0.25) is 5.02 Å². The molecule has 1 aromatic carbocycles. The van der Waals surface area contributed by atoms with Gasteiger partial charge in [0.1, 0.15) is 0 Å². The standard InChI is InChI=1S/C9H7ClF3O2/c1-14-7-4-2-3-6(10)8(7)15-5-9(11,12)13/h3-4H,5H2,1H3. The molecule has 2 nitrogen and oxygen atoms in total. The van der Waals surface area contributed by atoms with Crippen molar-refractivity contribution in [3.8, 4) is 11.5 Å². The smallest absolute Gasteiger partial charge is 0.422 e. The summed E-state index contributed by atoms with van der Waals surface area (Å²) in [5, 5.41) is 0.0265. The average Bonchev–Trinajstić information content (AvgIpc) is 2.14. The fourth-order valence-corrected chi connectivity index (χ4v) is 1.10. The summed E-state index contributed by atoms with van der Waals surface area (Å²) in [7, 11) is 1.31. The van der Waals surface area contributed by atoms with Crippen LogP contribution in [0, 0.1) is 6.07 Å². The number of alkyl halides is 3. The molecule has 1 rings (SSSR count). The van der Waals surface area contributed by atoms with Crippen LogP contribution in [0.3, 0.4) is 0 Å². The Balaban J connectivity index is 2.83. The Morgan fingerprint density at radius 1 is 1.40 bits per heavy atom. The average molecular weight is 240 g/mol. The number of benzene rings is 1. The van der Waals surface area contributed by atoms with Gasteiger partial charge in [0.15, 0.2) is 18.1 Å². The molecule has 0 bridgehead atoms. The van der Waals surface area contributed by atoms with E-state index in [1.807, 2.05) is 0 Å². The summed E-state index contributed by atoms with van der Waals surface area (Å²) in [4.78, 5) is 0. The molecule has 0 fully saturated rings. The van der Waals surface area contributed by atoms with Gasteiger partial charge in [0.2, 0.25) is 0 Å². The van der Waals surface area contributed by atoms with Gasteiger partial charge in [-0.15, -0.1) is 0 Å². The lowest BCUT2D eigenvalue weighted by Crippen LogP contribution is -2.19. The van der Waals surface area contributed by atoms with Crippen LogP contribution >= 0.6 is 11.6 Å². The van der Waals surface area contributed by atoms with Gasteiger partial charge in [0, 0.05) is 0 Å². The van der Waals surface area contributed by atoms with E-state index in [9.17, 15) is 13.2 Å². The fourth-order valence-electron chi connectivity index (χ4n) is 0.885. The van der Waals surface area contributed by atoms with Crippen LogP contribution in [0.1, 0.15) is 0 Å². The summed E-state index contributed by atoms with van der Waals surface area (Å²) < 4.78 is 45.0. The van der Waals surface area contributed by atoms with E-state index in [-0.39, 0.29) is 16.5 Å². The Labute approximate surface area is 89.6 Å². The highest BCUT2D eigenvalue weighted by atomic mass is 35.5. The van der Waals surface area contributed by atoms with Gasteiger partial charge in [-0.1, -0.05) is 11.6 Å². The SMILES string of the molecule is COc1c[c]cc(Cl)c1OCC(F)(F)F. The van der Waals surface area contributed by atoms with Crippen molar-refractivity contribution in [2.45, 2.75) is 6.18 Å². The minimum Gasteiger partial charge on any atom is -0.493 e. The molecule has 0 aliphatic heterocycles. The van der Waals surface area contributed by atoms with E-state index in [0.717, 1.165) is 0 Å². The lowest BCUT2D eigenvalue weighted by Gasteiger charge is -2.13. The van der Waals surface area contributed by atoms with Gasteiger partial charge in [-0.2, -0.15) is 13.2 Å². The molecule has 0 saturated carbocycles. The van der Waals surface area contributed by atoms with Gasteiger partial charge in [-0.3, -0.25) is 0 Å². The molecule has 0 spiro atoms. The zero-order chi connectivity index (χ0) is 11.5. The molecule has 0 aliphatic carbocycles. The van der Waals surface area contributed by atoms with Crippen LogP contribution in [-0.2, 0) is 0 Å². The van der Waals surface area contributed by atoms with Crippen LogP contribution in [0.15, 0.2) is 12.1 Å². The highest BCUT2D eigenvalue weighted by molar-refractivity contribution is 6.32. The van der Waals surface area contributed by atoms with Crippen LogP contribution < -0.4 is 9.47 Å². The predicted octanol–water partition coefficient (Wildman–Crippen LogP) is 3.09. The van der Waals surface area contributed by atoms with Gasteiger partial charge < -0.3 is 9.47 Å². The summed E-state index contributed by atoms with van der Waals surface area (Å²) in [5.74, 6) is -0.0120. The summed E-state index contributed by atoms with van der Waals surface area (Å²) in [6, 6.07) is 5.25. The molecule has 0 unspecified atom stereocenters. The fraction of sp³-hybridized carbons (Fsp3) is 0.333. The number of ether oxygens (including phenoxy) is 2. The monoisotopic (exact) mass is 239 g/mol. The Hall–Kier alpha value is -1.10. The van der Waals surface area contributed by atoms with Crippen LogP contribution in [-0.4, -0.2) is 19.9 Å². The predicted molar refractivity (Wildman–Crippen MR) is 48.4 cm³/mol. The molecule has 1 aromatic rings. The Morgan fingerprint density at radius 2 is 2.07 bits per heavy atom. The van der Waals surface area contributed by atoms with E-state index in [1.54, 1.807) is 0 Å². The number of rotatable bonds is 3. The lowest BCUT2D eigenvalue weighted by molar-refractivity contribution is -0.153. The van der Waals surface area contributed by atoms with Crippen molar-refractivity contribution in [1.29, 1.82) is 0 Å². The minimum absolute atomic E-state index is 0.0265. The molecule has 0 amide bonds. The van der Waals surface area contributed by atoms with Crippen molar-refractivity contribution < 1.29 is 22.6 Å². The Bertz CT molecular complexity index is 339. The van der Waals surface area contributed by atoms with Gasteiger partial charge in [0.05, 0.1) is 12.1 Å². The second kappa shape index (κ2) is 4.61. The number of methoxy groups -OCH3 is 1. The third-order valence-electron chi connectivity index (χ3n) is 1.47. The van der Waals surface area contributed by atoms with Crippen molar-refractivity contribution >= 4 is 11.6 Å². The van der Waals surface area contributed by atoms with E-state index in [1.165, 1.54) is 19.2 Å². The maximum Gasteiger partial charge on any atom is 0.422 e. The molecule has 0 saturated heterocycles. The molecule has 0 atom stereocenters. The van der Waals surface area contributed by atoms with Crippen molar-refractivity contribution in [2.75, 3.05) is 13.7 Å². The second-order valence-electron chi connectivity index (χ2n) is 2.60. The van der Waals surface area contributed by atoms with E-state index < -0.39 is 12.8 Å². The molecule has 83 valence electrons. The maximum absolute atomic E-state index is 11.9. The highest BCUT2D eigenvalue weighted by Crippen LogP contribution is 2.35. The highest BCUT2D eigenvalue weighted by Gasteiger charge is 2.29. The van der Waals surface area contributed by atoms with Crippen molar-refractivity contribution in [3.05, 3.63) is 23.2 Å². The number of hydrogen-bond donors (Lipinski definition) is 0. The van der Waals surface area contributed by atoms with Gasteiger partial charge in [0.25, 0.3) is 0 Å². The largest absolute Gasteiger partial charge is 0.493 e. The molecule has 0 heterocycles. The van der Waals surface area contributed by atoms with Gasteiger partial charge in [-0.25, -0.2) is 0 Å². The molecule has 0 aromatic heterocycles. The van der Waals surface area contributed by atoms with Gasteiger partial charge in [-0.05, 0) is 18.2 Å². The van der Waals surface area contributed by atoms with Crippen LogP contribution in [0.4, 0.5) is 13.2 Å². The van der Waals surface area contributed by atoms with E-state index in [0.29, 0.717) is 0 Å². The van der Waals surface area contributed by atoms with Crippen molar-refractivity contribution in [2.24, 2.45) is 0 Å². The molecule has 1 radical (unpaired) electrons. The topological polar surface area (TPSA) is 18.5 Å². The first-order valence-corrected chi connectivity index (χ1v) is 4.25. The summed E-state index contributed by atoms with van der Waals surface area (Å²) in [6.45, 7) is -1.41. The van der Waals surface area contributed by atoms with Crippen molar-refractivity contribution in [3.63, 3.8) is 0 Å².